The van der Waals surface area contributed by atoms with Crippen molar-refractivity contribution in [3.63, 3.8) is 0 Å². The van der Waals surface area contributed by atoms with E-state index in [1.54, 1.807) is 0 Å². The van der Waals surface area contributed by atoms with Gasteiger partial charge in [-0.1, -0.05) is 188 Å². The van der Waals surface area contributed by atoms with Crippen molar-refractivity contribution in [1.29, 1.82) is 0 Å². The highest BCUT2D eigenvalue weighted by Crippen LogP contribution is 2.16. The number of carbonyl (C=O) groups is 3. The minimum absolute atomic E-state index is 0.0661. The largest absolute Gasteiger partial charge is 0.462 e. The van der Waals surface area contributed by atoms with E-state index in [1.807, 2.05) is 0 Å². The van der Waals surface area contributed by atoms with Crippen LogP contribution in [0.2, 0.25) is 0 Å². The molecule has 48 heavy (non-hydrogen) atoms. The van der Waals surface area contributed by atoms with Crippen LogP contribution < -0.4 is 0 Å². The van der Waals surface area contributed by atoms with E-state index in [0.717, 1.165) is 70.1 Å². The molecule has 0 unspecified atom stereocenters. The van der Waals surface area contributed by atoms with Gasteiger partial charge in [0.15, 0.2) is 6.10 Å². The number of ether oxygens (including phenoxy) is 3. The number of rotatable bonds is 37. The van der Waals surface area contributed by atoms with Gasteiger partial charge in [-0.25, -0.2) is 0 Å². The molecule has 0 amide bonds. The molecule has 0 aromatic carbocycles. The fourth-order valence-electron chi connectivity index (χ4n) is 6.10. The second kappa shape index (κ2) is 36.7. The second-order valence-corrected chi connectivity index (χ2v) is 14.7. The van der Waals surface area contributed by atoms with Crippen molar-refractivity contribution in [1.82, 2.24) is 0 Å². The molecule has 0 saturated heterocycles. The van der Waals surface area contributed by atoms with E-state index in [0.29, 0.717) is 19.3 Å². The molecule has 6 nitrogen and oxygen atoms in total. The first-order valence-electron chi connectivity index (χ1n) is 20.9. The molecule has 0 N–H and O–H groups in total. The summed E-state index contributed by atoms with van der Waals surface area (Å²) in [5.41, 5.74) is 0. The lowest BCUT2D eigenvalue weighted by Gasteiger charge is -2.18. The zero-order valence-electron chi connectivity index (χ0n) is 32.4. The molecule has 0 heterocycles. The highest BCUT2D eigenvalue weighted by atomic mass is 16.6. The molecule has 0 fully saturated rings. The van der Waals surface area contributed by atoms with Crippen LogP contribution in [0.3, 0.4) is 0 Å². The maximum absolute atomic E-state index is 12.4. The average Bonchev–Trinajstić information content (AvgIpc) is 3.06. The van der Waals surface area contributed by atoms with Crippen LogP contribution in [-0.2, 0) is 28.6 Å². The third-order valence-electron chi connectivity index (χ3n) is 9.29. The molecule has 0 aliphatic heterocycles. The Morgan fingerprint density at radius 2 is 0.688 bits per heavy atom. The van der Waals surface area contributed by atoms with Crippen molar-refractivity contribution in [3.05, 3.63) is 0 Å². The molecule has 0 aromatic heterocycles. The molecule has 0 radical (unpaired) electrons. The lowest BCUT2D eigenvalue weighted by molar-refractivity contribution is -0.167. The predicted molar refractivity (Wildman–Crippen MR) is 201 cm³/mol. The van der Waals surface area contributed by atoms with Crippen molar-refractivity contribution in [3.8, 4) is 0 Å². The summed E-state index contributed by atoms with van der Waals surface area (Å²) in [6, 6.07) is 0. The van der Waals surface area contributed by atoms with E-state index in [2.05, 4.69) is 27.7 Å². The van der Waals surface area contributed by atoms with Crippen LogP contribution in [0, 0.1) is 5.92 Å². The van der Waals surface area contributed by atoms with Gasteiger partial charge in [0.2, 0.25) is 0 Å². The van der Waals surface area contributed by atoms with Crippen LogP contribution in [0.1, 0.15) is 227 Å². The summed E-state index contributed by atoms with van der Waals surface area (Å²) in [4.78, 5) is 37.2. The molecule has 284 valence electrons. The Morgan fingerprint density at radius 3 is 1.02 bits per heavy atom. The minimum Gasteiger partial charge on any atom is -0.462 e. The summed E-state index contributed by atoms with van der Waals surface area (Å²) < 4.78 is 16.5. The summed E-state index contributed by atoms with van der Waals surface area (Å²) >= 11 is 0. The van der Waals surface area contributed by atoms with Gasteiger partial charge in [0.05, 0.1) is 0 Å². The molecule has 0 rings (SSSR count). The fraction of sp³-hybridized carbons (Fsp3) is 0.929. The number of hydrogen-bond acceptors (Lipinski definition) is 6. The van der Waals surface area contributed by atoms with Gasteiger partial charge in [0.1, 0.15) is 13.2 Å². The number of esters is 3. The Morgan fingerprint density at radius 1 is 0.396 bits per heavy atom. The quantitative estimate of drug-likeness (QED) is 0.0369. The standard InChI is InChI=1S/C42H80O6/c1-5-7-9-11-21-26-29-33-40(43)46-36-39(48-42(45)35-31-24-10-8-6-2)37-47-41(44)34-30-27-23-20-18-16-14-12-13-15-17-19-22-25-28-32-38(3)4/h38-39H,5-37H2,1-4H3/t39-/m0/s1. The second-order valence-electron chi connectivity index (χ2n) is 14.7. The van der Waals surface area contributed by atoms with Crippen molar-refractivity contribution in [2.45, 2.75) is 233 Å². The first-order valence-corrected chi connectivity index (χ1v) is 20.9. The van der Waals surface area contributed by atoms with Gasteiger partial charge in [-0.15, -0.1) is 0 Å². The van der Waals surface area contributed by atoms with Crippen molar-refractivity contribution < 1.29 is 28.6 Å². The molecular formula is C42H80O6. The zero-order chi connectivity index (χ0) is 35.3. The van der Waals surface area contributed by atoms with Crippen molar-refractivity contribution >= 4 is 17.9 Å². The summed E-state index contributed by atoms with van der Waals surface area (Å²) in [5.74, 6) is -0.0318. The smallest absolute Gasteiger partial charge is 0.306 e. The lowest BCUT2D eigenvalue weighted by Crippen LogP contribution is -2.30. The van der Waals surface area contributed by atoms with E-state index in [9.17, 15) is 14.4 Å². The van der Waals surface area contributed by atoms with Gasteiger partial charge in [-0.2, -0.15) is 0 Å². The van der Waals surface area contributed by atoms with Gasteiger partial charge in [0, 0.05) is 19.3 Å². The van der Waals surface area contributed by atoms with Gasteiger partial charge < -0.3 is 14.2 Å². The van der Waals surface area contributed by atoms with Gasteiger partial charge in [-0.3, -0.25) is 14.4 Å². The van der Waals surface area contributed by atoms with Crippen LogP contribution in [0.5, 0.6) is 0 Å². The maximum Gasteiger partial charge on any atom is 0.306 e. The third-order valence-corrected chi connectivity index (χ3v) is 9.29. The molecule has 0 spiro atoms. The van der Waals surface area contributed by atoms with E-state index >= 15 is 0 Å². The number of unbranched alkanes of at least 4 members (excludes halogenated alkanes) is 24. The van der Waals surface area contributed by atoms with Crippen molar-refractivity contribution in [2.75, 3.05) is 13.2 Å². The number of hydrogen-bond donors (Lipinski definition) is 0. The van der Waals surface area contributed by atoms with E-state index in [4.69, 9.17) is 14.2 Å². The maximum atomic E-state index is 12.4. The lowest BCUT2D eigenvalue weighted by atomic mass is 10.0. The molecular weight excluding hydrogens is 600 g/mol. The Bertz CT molecular complexity index is 721. The Labute approximate surface area is 298 Å². The van der Waals surface area contributed by atoms with Crippen LogP contribution in [-0.4, -0.2) is 37.2 Å². The summed E-state index contributed by atoms with van der Waals surface area (Å²) in [5, 5.41) is 0. The zero-order valence-corrected chi connectivity index (χ0v) is 32.4. The SMILES string of the molecule is CCCCCCCCCC(=O)OC[C@@H](COC(=O)CCCCCCCCCCCCCCCCCC(C)C)OC(=O)CCCCCCC. The van der Waals surface area contributed by atoms with Crippen LogP contribution >= 0.6 is 0 Å². The highest BCUT2D eigenvalue weighted by molar-refractivity contribution is 5.71. The predicted octanol–water partition coefficient (Wildman–Crippen LogP) is 12.8. The summed E-state index contributed by atoms with van der Waals surface area (Å²) in [6.45, 7) is 8.87. The fourth-order valence-corrected chi connectivity index (χ4v) is 6.10. The van der Waals surface area contributed by atoms with Crippen molar-refractivity contribution in [2.24, 2.45) is 5.92 Å². The normalized spacial score (nSPS) is 11.9. The molecule has 0 bridgehead atoms. The molecule has 0 aliphatic rings. The first kappa shape index (κ1) is 46.4. The molecule has 6 heteroatoms. The molecule has 0 aliphatic carbocycles. The van der Waals surface area contributed by atoms with E-state index in [-0.39, 0.29) is 31.1 Å². The monoisotopic (exact) mass is 681 g/mol. The third kappa shape index (κ3) is 35.7. The molecule has 1 atom stereocenters. The summed E-state index contributed by atoms with van der Waals surface area (Å²) in [7, 11) is 0. The van der Waals surface area contributed by atoms with E-state index in [1.165, 1.54) is 116 Å². The first-order chi connectivity index (χ1) is 23.4. The van der Waals surface area contributed by atoms with Crippen LogP contribution in [0.25, 0.3) is 0 Å². The Kier molecular flexibility index (Phi) is 35.5. The average molecular weight is 681 g/mol. The van der Waals surface area contributed by atoms with Gasteiger partial charge >= 0.3 is 17.9 Å². The van der Waals surface area contributed by atoms with Crippen LogP contribution in [0.4, 0.5) is 0 Å². The van der Waals surface area contributed by atoms with Gasteiger partial charge in [0.25, 0.3) is 0 Å². The summed E-state index contributed by atoms with van der Waals surface area (Å²) in [6.07, 6.45) is 34.2. The van der Waals surface area contributed by atoms with Gasteiger partial charge in [-0.05, 0) is 25.2 Å². The van der Waals surface area contributed by atoms with Crippen LogP contribution in [0.15, 0.2) is 0 Å². The Balaban J connectivity index is 4.05. The molecule has 0 aromatic rings. The highest BCUT2D eigenvalue weighted by Gasteiger charge is 2.19. The topological polar surface area (TPSA) is 78.9 Å². The van der Waals surface area contributed by atoms with E-state index < -0.39 is 6.10 Å². The molecule has 0 saturated carbocycles. The Hall–Kier alpha value is -1.59. The minimum atomic E-state index is -0.755. The number of carbonyl (C=O) groups excluding carboxylic acids is 3.